The van der Waals surface area contributed by atoms with Gasteiger partial charge in [-0.15, -0.1) is 0 Å². The van der Waals surface area contributed by atoms with Crippen molar-refractivity contribution in [1.29, 1.82) is 0 Å². The Bertz CT molecular complexity index is 908. The number of pyridine rings is 1. The van der Waals surface area contributed by atoms with E-state index in [0.717, 1.165) is 11.8 Å². The van der Waals surface area contributed by atoms with Crippen LogP contribution in [-0.4, -0.2) is 48.8 Å². The molecule has 1 fully saturated rings. The number of aromatic amines is 1. The van der Waals surface area contributed by atoms with Gasteiger partial charge in [-0.3, -0.25) is 4.79 Å². The molecule has 1 aliphatic heterocycles. The number of aromatic hydroxyl groups is 1. The fourth-order valence-electron chi connectivity index (χ4n) is 3.04. The predicted octanol–water partition coefficient (Wildman–Crippen LogP) is 2.89. The number of nitrogens with zero attached hydrogens (tertiary/aromatic N) is 2. The van der Waals surface area contributed by atoms with Gasteiger partial charge in [-0.1, -0.05) is 23.2 Å². The van der Waals surface area contributed by atoms with Crippen molar-refractivity contribution in [1.82, 2.24) is 4.98 Å². The second-order valence-corrected chi connectivity index (χ2v) is 6.85. The van der Waals surface area contributed by atoms with Gasteiger partial charge in [-0.2, -0.15) is 0 Å². The van der Waals surface area contributed by atoms with Gasteiger partial charge in [0.15, 0.2) is 0 Å². The molecule has 1 aromatic carbocycles. The summed E-state index contributed by atoms with van der Waals surface area (Å²) in [6.45, 7) is 4.19. The lowest BCUT2D eigenvalue weighted by Gasteiger charge is -2.37. The monoisotopic (exact) mass is 411 g/mol. The van der Waals surface area contributed by atoms with Gasteiger partial charge in [0.2, 0.25) is 0 Å². The van der Waals surface area contributed by atoms with E-state index in [-0.39, 0.29) is 23.7 Å². The molecule has 0 amide bonds. The minimum atomic E-state index is -0.673. The van der Waals surface area contributed by atoms with Crippen molar-refractivity contribution in [2.24, 2.45) is 0 Å². The maximum Gasteiger partial charge on any atom is 0.345 e. The van der Waals surface area contributed by atoms with Crippen LogP contribution in [0.4, 0.5) is 11.5 Å². The number of piperazine rings is 1. The summed E-state index contributed by atoms with van der Waals surface area (Å²) in [6.07, 6.45) is 0. The Labute approximate surface area is 166 Å². The molecule has 0 unspecified atom stereocenters. The van der Waals surface area contributed by atoms with Crippen molar-refractivity contribution in [3.05, 3.63) is 50.2 Å². The van der Waals surface area contributed by atoms with Gasteiger partial charge in [0.1, 0.15) is 17.1 Å². The number of nitrogens with one attached hydrogen (secondary N) is 1. The van der Waals surface area contributed by atoms with E-state index in [1.54, 1.807) is 19.1 Å². The van der Waals surface area contributed by atoms with E-state index >= 15 is 0 Å². The lowest BCUT2D eigenvalue weighted by Crippen LogP contribution is -2.47. The predicted molar refractivity (Wildman–Crippen MR) is 106 cm³/mol. The van der Waals surface area contributed by atoms with Crippen LogP contribution >= 0.6 is 23.2 Å². The van der Waals surface area contributed by atoms with E-state index in [1.165, 1.54) is 0 Å². The molecule has 7 nitrogen and oxygen atoms in total. The molecule has 144 valence electrons. The minimum Gasteiger partial charge on any atom is -0.507 e. The number of ether oxygens (including phenoxy) is 1. The summed E-state index contributed by atoms with van der Waals surface area (Å²) in [5.41, 5.74) is 0.431. The van der Waals surface area contributed by atoms with E-state index in [2.05, 4.69) is 9.88 Å². The molecule has 3 rings (SSSR count). The molecule has 1 aromatic heterocycles. The third-order valence-electron chi connectivity index (χ3n) is 4.35. The van der Waals surface area contributed by atoms with Crippen LogP contribution in [0, 0.1) is 0 Å². The van der Waals surface area contributed by atoms with Gasteiger partial charge in [-0.05, 0) is 25.1 Å². The molecule has 9 heteroatoms. The van der Waals surface area contributed by atoms with Crippen LogP contribution in [0.25, 0.3) is 0 Å². The Kier molecular flexibility index (Phi) is 5.82. The molecule has 27 heavy (non-hydrogen) atoms. The first-order valence-electron chi connectivity index (χ1n) is 8.49. The average molecular weight is 412 g/mol. The maximum atomic E-state index is 12.2. The number of H-pyrrole nitrogens is 1. The average Bonchev–Trinajstić information content (AvgIpc) is 2.63. The topological polar surface area (TPSA) is 85.9 Å². The number of hydrogen-bond donors (Lipinski definition) is 2. The molecule has 0 aliphatic carbocycles. The number of carbonyl (C=O) groups is 1. The summed E-state index contributed by atoms with van der Waals surface area (Å²) in [4.78, 5) is 30.7. The van der Waals surface area contributed by atoms with E-state index in [9.17, 15) is 14.7 Å². The lowest BCUT2D eigenvalue weighted by molar-refractivity contribution is 0.0523. The second-order valence-electron chi connectivity index (χ2n) is 6.04. The molecular formula is C18H19Cl2N3O4. The van der Waals surface area contributed by atoms with Crippen LogP contribution in [0.5, 0.6) is 5.75 Å². The van der Waals surface area contributed by atoms with E-state index in [4.69, 9.17) is 27.9 Å². The van der Waals surface area contributed by atoms with Crippen molar-refractivity contribution in [3.8, 4) is 5.75 Å². The van der Waals surface area contributed by atoms with E-state index in [0.29, 0.717) is 36.2 Å². The fraction of sp³-hybridized carbons (Fsp3) is 0.333. The molecule has 2 N–H and O–H groups in total. The Morgan fingerprint density at radius 1 is 1.15 bits per heavy atom. The normalized spacial score (nSPS) is 14.3. The number of halogens is 2. The number of hydrogen-bond acceptors (Lipinski definition) is 6. The van der Waals surface area contributed by atoms with Crippen LogP contribution in [0.2, 0.25) is 10.0 Å². The molecule has 1 aliphatic rings. The molecule has 0 saturated carbocycles. The van der Waals surface area contributed by atoms with Crippen molar-refractivity contribution >= 4 is 40.7 Å². The van der Waals surface area contributed by atoms with Gasteiger partial charge >= 0.3 is 5.97 Å². The summed E-state index contributed by atoms with van der Waals surface area (Å²) < 4.78 is 5.01. The first-order chi connectivity index (χ1) is 12.9. The summed E-state index contributed by atoms with van der Waals surface area (Å²) in [5, 5.41) is 11.1. The highest BCUT2D eigenvalue weighted by Gasteiger charge is 2.26. The molecule has 2 aromatic rings. The number of aromatic nitrogens is 1. The minimum absolute atomic E-state index is 0.0283. The smallest absolute Gasteiger partial charge is 0.345 e. The third kappa shape index (κ3) is 4.14. The SMILES string of the molecule is CCOC(=O)c1c(O)cc(=O)[nH]c1N1CCN(c2ccc(Cl)c(Cl)c2)CC1. The van der Waals surface area contributed by atoms with Gasteiger partial charge in [-0.25, -0.2) is 4.79 Å². The highest BCUT2D eigenvalue weighted by molar-refractivity contribution is 6.42. The number of anilines is 2. The Balaban J connectivity index is 1.82. The zero-order chi connectivity index (χ0) is 19.6. The Hall–Kier alpha value is -2.38. The van der Waals surface area contributed by atoms with Crippen molar-refractivity contribution < 1.29 is 14.6 Å². The summed E-state index contributed by atoms with van der Waals surface area (Å²) in [5.74, 6) is -0.792. The summed E-state index contributed by atoms with van der Waals surface area (Å²) in [6, 6.07) is 6.42. The quantitative estimate of drug-likeness (QED) is 0.752. The van der Waals surface area contributed by atoms with Crippen LogP contribution in [0.15, 0.2) is 29.1 Å². The standard InChI is InChI=1S/C18H19Cl2N3O4/c1-2-27-18(26)16-14(24)10-15(25)21-17(16)23-7-5-22(6-8-23)11-3-4-12(19)13(20)9-11/h3-4,9-10H,2,5-8H2,1H3,(H2,21,24,25). The number of rotatable bonds is 4. The maximum absolute atomic E-state index is 12.2. The lowest BCUT2D eigenvalue weighted by atomic mass is 10.2. The molecule has 2 heterocycles. The molecule has 0 spiro atoms. The molecule has 0 atom stereocenters. The highest BCUT2D eigenvalue weighted by Crippen LogP contribution is 2.30. The van der Waals surface area contributed by atoms with Crippen LogP contribution < -0.4 is 15.4 Å². The van der Waals surface area contributed by atoms with Crippen molar-refractivity contribution in [2.75, 3.05) is 42.6 Å². The van der Waals surface area contributed by atoms with Crippen LogP contribution in [0.3, 0.4) is 0 Å². The van der Waals surface area contributed by atoms with Gasteiger partial charge < -0.3 is 24.6 Å². The summed E-state index contributed by atoms with van der Waals surface area (Å²) in [7, 11) is 0. The van der Waals surface area contributed by atoms with Crippen LogP contribution in [-0.2, 0) is 4.74 Å². The van der Waals surface area contributed by atoms with Gasteiger partial charge in [0.25, 0.3) is 5.56 Å². The van der Waals surface area contributed by atoms with E-state index in [1.807, 2.05) is 11.0 Å². The molecule has 0 radical (unpaired) electrons. The third-order valence-corrected chi connectivity index (χ3v) is 5.09. The number of carbonyl (C=O) groups excluding carboxylic acids is 1. The van der Waals surface area contributed by atoms with Crippen molar-refractivity contribution in [3.63, 3.8) is 0 Å². The molecular weight excluding hydrogens is 393 g/mol. The van der Waals surface area contributed by atoms with E-state index < -0.39 is 11.5 Å². The summed E-state index contributed by atoms with van der Waals surface area (Å²) >= 11 is 12.1. The first-order valence-corrected chi connectivity index (χ1v) is 9.24. The van der Waals surface area contributed by atoms with Crippen molar-refractivity contribution in [2.45, 2.75) is 6.92 Å². The Morgan fingerprint density at radius 2 is 1.81 bits per heavy atom. The van der Waals surface area contributed by atoms with Crippen LogP contribution in [0.1, 0.15) is 17.3 Å². The number of esters is 1. The molecule has 0 bridgehead atoms. The zero-order valence-corrected chi connectivity index (χ0v) is 16.2. The zero-order valence-electron chi connectivity index (χ0n) is 14.7. The van der Waals surface area contributed by atoms with Gasteiger partial charge in [0.05, 0.1) is 16.7 Å². The fourth-order valence-corrected chi connectivity index (χ4v) is 3.34. The number of benzene rings is 1. The Morgan fingerprint density at radius 3 is 2.44 bits per heavy atom. The highest BCUT2D eigenvalue weighted by atomic mass is 35.5. The molecule has 1 saturated heterocycles. The second kappa shape index (κ2) is 8.10. The first kappa shape index (κ1) is 19.4. The van der Waals surface area contributed by atoms with Gasteiger partial charge in [0, 0.05) is 37.9 Å². The largest absolute Gasteiger partial charge is 0.507 e.